The Morgan fingerprint density at radius 3 is 2.40 bits per heavy atom. The molecule has 3 aromatic carbocycles. The van der Waals surface area contributed by atoms with Crippen molar-refractivity contribution in [3.05, 3.63) is 93.6 Å². The summed E-state index contributed by atoms with van der Waals surface area (Å²) in [5.74, 6) is -1.16. The highest BCUT2D eigenvalue weighted by molar-refractivity contribution is 6.53. The predicted molar refractivity (Wildman–Crippen MR) is 134 cm³/mol. The zero-order valence-electron chi connectivity index (χ0n) is 18.8. The molecule has 35 heavy (non-hydrogen) atoms. The van der Waals surface area contributed by atoms with E-state index in [2.05, 4.69) is 5.32 Å². The summed E-state index contributed by atoms with van der Waals surface area (Å²) in [6, 6.07) is 18.1. The molecule has 3 aromatic rings. The van der Waals surface area contributed by atoms with Crippen LogP contribution < -0.4 is 19.7 Å². The van der Waals surface area contributed by atoms with E-state index in [4.69, 9.17) is 32.7 Å². The van der Waals surface area contributed by atoms with Gasteiger partial charge in [0.05, 0.1) is 18.4 Å². The number of anilines is 2. The first-order valence-corrected chi connectivity index (χ1v) is 11.4. The molecule has 1 heterocycles. The third-order valence-electron chi connectivity index (χ3n) is 5.32. The third-order valence-corrected chi connectivity index (χ3v) is 5.90. The average molecular weight is 511 g/mol. The van der Waals surface area contributed by atoms with Crippen LogP contribution in [0.5, 0.6) is 11.5 Å². The van der Waals surface area contributed by atoms with Crippen LogP contribution >= 0.6 is 23.2 Å². The van der Waals surface area contributed by atoms with E-state index in [-0.39, 0.29) is 22.2 Å². The molecule has 0 aliphatic carbocycles. The normalized spacial score (nSPS) is 13.3. The molecule has 0 atom stereocenters. The first kappa shape index (κ1) is 24.3. The van der Waals surface area contributed by atoms with Crippen LogP contribution in [0.4, 0.5) is 11.4 Å². The number of carbonyl (C=O) groups is 3. The molecule has 0 saturated heterocycles. The van der Waals surface area contributed by atoms with Gasteiger partial charge in [-0.2, -0.15) is 0 Å². The number of aryl methyl sites for hydroxylation is 1. The molecule has 178 valence electrons. The molecule has 0 spiro atoms. The number of carbonyl (C=O) groups excluding carboxylic acids is 3. The van der Waals surface area contributed by atoms with Gasteiger partial charge in [-0.25, -0.2) is 9.69 Å². The summed E-state index contributed by atoms with van der Waals surface area (Å²) in [6.07, 6.45) is 0.826. The monoisotopic (exact) mass is 510 g/mol. The number of amides is 2. The van der Waals surface area contributed by atoms with Crippen LogP contribution in [-0.2, 0) is 16.0 Å². The van der Waals surface area contributed by atoms with Crippen molar-refractivity contribution in [3.63, 3.8) is 0 Å². The van der Waals surface area contributed by atoms with E-state index in [0.717, 1.165) is 16.9 Å². The standard InChI is InChI=1S/C26H20Cl2N2O5/c1-3-15-5-4-6-19(13-15)35-26(33)16-7-10-18(11-8-16)29-23-22(28)24(31)30(25(23)32)20-14-17(27)9-12-21(20)34-2/h4-14,29H,3H2,1-2H3. The lowest BCUT2D eigenvalue weighted by atomic mass is 10.1. The molecule has 0 bridgehead atoms. The fourth-order valence-electron chi connectivity index (χ4n) is 3.50. The third kappa shape index (κ3) is 5.01. The highest BCUT2D eigenvalue weighted by Crippen LogP contribution is 2.37. The minimum absolute atomic E-state index is 0.106. The maximum Gasteiger partial charge on any atom is 0.343 e. The Kier molecular flexibility index (Phi) is 7.10. The molecule has 4 rings (SSSR count). The number of nitrogens with one attached hydrogen (secondary N) is 1. The highest BCUT2D eigenvalue weighted by Gasteiger charge is 2.40. The van der Waals surface area contributed by atoms with E-state index in [1.807, 2.05) is 25.1 Å². The van der Waals surface area contributed by atoms with Crippen molar-refractivity contribution in [2.24, 2.45) is 0 Å². The minimum atomic E-state index is -0.714. The summed E-state index contributed by atoms with van der Waals surface area (Å²) >= 11 is 12.3. The fraction of sp³-hybridized carbons (Fsp3) is 0.115. The molecule has 0 fully saturated rings. The van der Waals surface area contributed by atoms with Crippen LogP contribution in [0.3, 0.4) is 0 Å². The molecule has 7 nitrogen and oxygen atoms in total. The summed E-state index contributed by atoms with van der Waals surface area (Å²) in [7, 11) is 1.42. The van der Waals surface area contributed by atoms with Crippen molar-refractivity contribution in [1.82, 2.24) is 0 Å². The van der Waals surface area contributed by atoms with Crippen molar-refractivity contribution in [2.75, 3.05) is 17.3 Å². The zero-order valence-corrected chi connectivity index (χ0v) is 20.3. The van der Waals surface area contributed by atoms with Gasteiger partial charge in [0.15, 0.2) is 0 Å². The second-order valence-electron chi connectivity index (χ2n) is 7.54. The fourth-order valence-corrected chi connectivity index (χ4v) is 3.88. The van der Waals surface area contributed by atoms with E-state index in [1.54, 1.807) is 42.5 Å². The van der Waals surface area contributed by atoms with Crippen molar-refractivity contribution >= 4 is 52.4 Å². The zero-order chi connectivity index (χ0) is 25.1. The number of rotatable bonds is 7. The second kappa shape index (κ2) is 10.2. The van der Waals surface area contributed by atoms with Crippen LogP contribution in [0.15, 0.2) is 77.5 Å². The molecule has 0 radical (unpaired) electrons. The van der Waals surface area contributed by atoms with E-state index >= 15 is 0 Å². The number of benzene rings is 3. The molecular weight excluding hydrogens is 491 g/mol. The van der Waals surface area contributed by atoms with Gasteiger partial charge in [-0.05, 0) is 66.6 Å². The van der Waals surface area contributed by atoms with Gasteiger partial charge in [0, 0.05) is 10.7 Å². The Labute approximate surface area is 211 Å². The first-order valence-electron chi connectivity index (χ1n) is 10.6. The maximum atomic E-state index is 13.1. The number of hydrogen-bond donors (Lipinski definition) is 1. The van der Waals surface area contributed by atoms with Crippen molar-refractivity contribution < 1.29 is 23.9 Å². The van der Waals surface area contributed by atoms with Gasteiger partial charge in [0.25, 0.3) is 11.8 Å². The van der Waals surface area contributed by atoms with Gasteiger partial charge in [-0.1, -0.05) is 42.3 Å². The maximum absolute atomic E-state index is 13.1. The largest absolute Gasteiger partial charge is 0.495 e. The van der Waals surface area contributed by atoms with Crippen LogP contribution in [0.25, 0.3) is 0 Å². The molecule has 1 aliphatic heterocycles. The topological polar surface area (TPSA) is 84.9 Å². The number of ether oxygens (including phenoxy) is 2. The number of nitrogens with zero attached hydrogens (tertiary/aromatic N) is 1. The molecule has 2 amide bonds. The Bertz CT molecular complexity index is 1350. The predicted octanol–water partition coefficient (Wildman–Crippen LogP) is 5.57. The van der Waals surface area contributed by atoms with E-state index < -0.39 is 17.8 Å². The molecular formula is C26H20Cl2N2O5. The van der Waals surface area contributed by atoms with Crippen LogP contribution in [0.2, 0.25) is 5.02 Å². The molecule has 0 saturated carbocycles. The molecule has 0 aromatic heterocycles. The molecule has 0 unspecified atom stereocenters. The number of imide groups is 1. The quantitative estimate of drug-likeness (QED) is 0.254. The number of methoxy groups -OCH3 is 1. The number of halogens is 2. The SMILES string of the molecule is CCc1cccc(OC(=O)c2ccc(NC3=C(Cl)C(=O)N(c4cc(Cl)ccc4OC)C3=O)cc2)c1. The number of esters is 1. The summed E-state index contributed by atoms with van der Waals surface area (Å²) in [5, 5.41) is 2.90. The number of hydrogen-bond acceptors (Lipinski definition) is 6. The van der Waals surface area contributed by atoms with E-state index in [1.165, 1.54) is 13.2 Å². The van der Waals surface area contributed by atoms with Crippen molar-refractivity contribution in [3.8, 4) is 11.5 Å². The second-order valence-corrected chi connectivity index (χ2v) is 8.36. The van der Waals surface area contributed by atoms with Crippen molar-refractivity contribution in [1.29, 1.82) is 0 Å². The van der Waals surface area contributed by atoms with Crippen LogP contribution in [-0.4, -0.2) is 24.9 Å². The highest BCUT2D eigenvalue weighted by atomic mass is 35.5. The lowest BCUT2D eigenvalue weighted by molar-refractivity contribution is -0.120. The van der Waals surface area contributed by atoms with Gasteiger partial charge in [-0.3, -0.25) is 9.59 Å². The smallest absolute Gasteiger partial charge is 0.343 e. The van der Waals surface area contributed by atoms with Gasteiger partial charge in [0.2, 0.25) is 0 Å². The van der Waals surface area contributed by atoms with Gasteiger partial charge >= 0.3 is 5.97 Å². The summed E-state index contributed by atoms with van der Waals surface area (Å²) in [4.78, 5) is 39.2. The van der Waals surface area contributed by atoms with Gasteiger partial charge in [-0.15, -0.1) is 0 Å². The summed E-state index contributed by atoms with van der Waals surface area (Å²) in [5.41, 5.74) is 1.89. The van der Waals surface area contributed by atoms with Crippen molar-refractivity contribution in [2.45, 2.75) is 13.3 Å². The van der Waals surface area contributed by atoms with Crippen LogP contribution in [0, 0.1) is 0 Å². The lowest BCUT2D eigenvalue weighted by Gasteiger charge is -2.18. The van der Waals surface area contributed by atoms with Gasteiger partial charge < -0.3 is 14.8 Å². The molecule has 1 aliphatic rings. The first-order chi connectivity index (χ1) is 16.8. The Morgan fingerprint density at radius 2 is 1.71 bits per heavy atom. The Balaban J connectivity index is 1.50. The van der Waals surface area contributed by atoms with E-state index in [9.17, 15) is 14.4 Å². The summed E-state index contributed by atoms with van der Waals surface area (Å²) < 4.78 is 10.7. The van der Waals surface area contributed by atoms with E-state index in [0.29, 0.717) is 22.0 Å². The minimum Gasteiger partial charge on any atom is -0.495 e. The molecule has 1 N–H and O–H groups in total. The molecule has 9 heteroatoms. The Morgan fingerprint density at radius 1 is 0.971 bits per heavy atom. The van der Waals surface area contributed by atoms with Gasteiger partial charge in [0.1, 0.15) is 22.2 Å². The lowest BCUT2D eigenvalue weighted by Crippen LogP contribution is -2.32. The Hall–Kier alpha value is -3.81. The average Bonchev–Trinajstić information content (AvgIpc) is 3.07. The summed E-state index contributed by atoms with van der Waals surface area (Å²) in [6.45, 7) is 2.02. The van der Waals surface area contributed by atoms with Crippen LogP contribution in [0.1, 0.15) is 22.8 Å².